The van der Waals surface area contributed by atoms with Crippen molar-refractivity contribution >= 4 is 15.9 Å². The third kappa shape index (κ3) is 6.67. The molecular weight excluding hydrogens is 448 g/mol. The molecule has 0 aromatic heterocycles. The normalized spacial score (nSPS) is 20.8. The lowest BCUT2D eigenvalue weighted by Gasteiger charge is -2.35. The van der Waals surface area contributed by atoms with Crippen LogP contribution in [0.2, 0.25) is 0 Å². The molecule has 33 heavy (non-hydrogen) atoms. The monoisotopic (exact) mass is 478 g/mol. The Morgan fingerprint density at radius 3 is 2.64 bits per heavy atom. The van der Waals surface area contributed by atoms with Gasteiger partial charge in [-0.2, -0.15) is 0 Å². The molecule has 2 aromatic rings. The Kier molecular flexibility index (Phi) is 8.67. The summed E-state index contributed by atoms with van der Waals surface area (Å²) in [7, 11) is -0.903. The zero-order valence-electron chi connectivity index (χ0n) is 18.7. The standard InChI is InChI=1S/C23H30N2O7S/c1-30-17-7-5-6-16(12-17)14-24-23(27)13-18-10-11-19(21(15-26)32-18)25-33(28,29)22-9-4-3-8-20(22)31-2/h3-9,12,18-19,21,25-26H,10-11,13-15H2,1-2H3,(H,24,27)/t18-,19-,21-/m0/s1. The van der Waals surface area contributed by atoms with Crippen LogP contribution in [0.25, 0.3) is 0 Å². The Labute approximate surface area is 194 Å². The van der Waals surface area contributed by atoms with Gasteiger partial charge in [0.25, 0.3) is 0 Å². The van der Waals surface area contributed by atoms with Gasteiger partial charge in [0.1, 0.15) is 16.4 Å². The van der Waals surface area contributed by atoms with Crippen LogP contribution in [-0.2, 0) is 26.1 Å². The predicted octanol–water partition coefficient (Wildman–Crippen LogP) is 1.60. The third-order valence-corrected chi connectivity index (χ3v) is 7.03. The van der Waals surface area contributed by atoms with E-state index in [0.29, 0.717) is 25.1 Å². The second-order valence-electron chi connectivity index (χ2n) is 7.77. The van der Waals surface area contributed by atoms with Gasteiger partial charge in [0.2, 0.25) is 15.9 Å². The van der Waals surface area contributed by atoms with Gasteiger partial charge in [0.05, 0.1) is 45.5 Å². The van der Waals surface area contributed by atoms with E-state index in [0.717, 1.165) is 5.56 Å². The number of hydrogen-bond acceptors (Lipinski definition) is 7. The summed E-state index contributed by atoms with van der Waals surface area (Å²) in [6.45, 7) is -0.0193. The topological polar surface area (TPSA) is 123 Å². The number of hydrogen-bond donors (Lipinski definition) is 3. The molecule has 180 valence electrons. The van der Waals surface area contributed by atoms with Crippen LogP contribution >= 0.6 is 0 Å². The first-order valence-electron chi connectivity index (χ1n) is 10.7. The minimum atomic E-state index is -3.89. The molecule has 0 unspecified atom stereocenters. The maximum atomic E-state index is 12.9. The molecule has 3 atom stereocenters. The molecule has 1 saturated heterocycles. The van der Waals surface area contributed by atoms with Crippen LogP contribution < -0.4 is 19.5 Å². The number of sulfonamides is 1. The molecule has 0 spiro atoms. The highest BCUT2D eigenvalue weighted by Crippen LogP contribution is 2.27. The lowest BCUT2D eigenvalue weighted by atomic mass is 9.98. The highest BCUT2D eigenvalue weighted by atomic mass is 32.2. The van der Waals surface area contributed by atoms with Crippen molar-refractivity contribution in [1.29, 1.82) is 0 Å². The maximum Gasteiger partial charge on any atom is 0.244 e. The van der Waals surface area contributed by atoms with Gasteiger partial charge in [-0.05, 0) is 42.7 Å². The zero-order valence-corrected chi connectivity index (χ0v) is 19.5. The zero-order chi connectivity index (χ0) is 23.8. The van der Waals surface area contributed by atoms with Crippen LogP contribution in [0, 0.1) is 0 Å². The molecular formula is C23H30N2O7S. The number of amides is 1. The molecule has 9 nitrogen and oxygen atoms in total. The van der Waals surface area contributed by atoms with Gasteiger partial charge >= 0.3 is 0 Å². The van der Waals surface area contributed by atoms with E-state index >= 15 is 0 Å². The second-order valence-corrected chi connectivity index (χ2v) is 9.45. The predicted molar refractivity (Wildman–Crippen MR) is 122 cm³/mol. The smallest absolute Gasteiger partial charge is 0.244 e. The molecule has 0 saturated carbocycles. The molecule has 1 aliphatic rings. The molecule has 0 aliphatic carbocycles. The fraction of sp³-hybridized carbons (Fsp3) is 0.435. The van der Waals surface area contributed by atoms with Gasteiger partial charge in [-0.25, -0.2) is 13.1 Å². The van der Waals surface area contributed by atoms with Gasteiger partial charge < -0.3 is 24.6 Å². The second kappa shape index (κ2) is 11.5. The van der Waals surface area contributed by atoms with E-state index in [1.165, 1.54) is 13.2 Å². The van der Waals surface area contributed by atoms with Gasteiger partial charge in [-0.1, -0.05) is 24.3 Å². The van der Waals surface area contributed by atoms with Crippen LogP contribution in [0.1, 0.15) is 24.8 Å². The van der Waals surface area contributed by atoms with Gasteiger partial charge in [-0.3, -0.25) is 4.79 Å². The number of carbonyl (C=O) groups excluding carboxylic acids is 1. The van der Waals surface area contributed by atoms with E-state index in [4.69, 9.17) is 14.2 Å². The third-order valence-electron chi connectivity index (χ3n) is 5.50. The van der Waals surface area contributed by atoms with Crippen LogP contribution in [0.5, 0.6) is 11.5 Å². The van der Waals surface area contributed by atoms with Gasteiger partial charge in [0.15, 0.2) is 0 Å². The SMILES string of the molecule is COc1cccc(CNC(=O)C[C@@H]2CC[C@H](NS(=O)(=O)c3ccccc3OC)[C@H](CO)O2)c1. The molecule has 2 aromatic carbocycles. The molecule has 3 N–H and O–H groups in total. The average molecular weight is 479 g/mol. The molecule has 1 fully saturated rings. The largest absolute Gasteiger partial charge is 0.497 e. The molecule has 1 heterocycles. The Morgan fingerprint density at radius 1 is 1.12 bits per heavy atom. The van der Waals surface area contributed by atoms with Gasteiger partial charge in [0, 0.05) is 6.54 Å². The average Bonchev–Trinajstić information content (AvgIpc) is 2.83. The van der Waals surface area contributed by atoms with Crippen molar-refractivity contribution in [3.63, 3.8) is 0 Å². The number of nitrogens with one attached hydrogen (secondary N) is 2. The summed E-state index contributed by atoms with van der Waals surface area (Å²) in [4.78, 5) is 12.4. The number of ether oxygens (including phenoxy) is 3. The van der Waals surface area contributed by atoms with Crippen molar-refractivity contribution in [3.8, 4) is 11.5 Å². The number of aliphatic hydroxyl groups excluding tert-OH is 1. The Balaban J connectivity index is 1.55. The van der Waals surface area contributed by atoms with Crippen molar-refractivity contribution < 1.29 is 32.5 Å². The van der Waals surface area contributed by atoms with Crippen molar-refractivity contribution in [2.45, 2.75) is 49.0 Å². The van der Waals surface area contributed by atoms with Gasteiger partial charge in [-0.15, -0.1) is 0 Å². The molecule has 1 amide bonds. The first-order valence-corrected chi connectivity index (χ1v) is 12.2. The van der Waals surface area contributed by atoms with Crippen LogP contribution in [0.4, 0.5) is 0 Å². The molecule has 10 heteroatoms. The summed E-state index contributed by atoms with van der Waals surface area (Å²) in [5, 5.41) is 12.6. The van der Waals surface area contributed by atoms with Crippen LogP contribution in [0.15, 0.2) is 53.4 Å². The Morgan fingerprint density at radius 2 is 1.91 bits per heavy atom. The fourth-order valence-electron chi connectivity index (χ4n) is 3.78. The van der Waals surface area contributed by atoms with E-state index in [1.54, 1.807) is 25.3 Å². The summed E-state index contributed by atoms with van der Waals surface area (Å²) in [6, 6.07) is 13.1. The maximum absolute atomic E-state index is 12.9. The summed E-state index contributed by atoms with van der Waals surface area (Å²) < 4.78 is 44.5. The van der Waals surface area contributed by atoms with E-state index in [2.05, 4.69) is 10.0 Å². The van der Waals surface area contributed by atoms with E-state index in [-0.39, 0.29) is 29.6 Å². The van der Waals surface area contributed by atoms with E-state index in [9.17, 15) is 18.3 Å². The number of para-hydroxylation sites is 1. The Hall–Kier alpha value is -2.66. The summed E-state index contributed by atoms with van der Waals surface area (Å²) >= 11 is 0. The highest BCUT2D eigenvalue weighted by molar-refractivity contribution is 7.89. The number of carbonyl (C=O) groups is 1. The van der Waals surface area contributed by atoms with Crippen molar-refractivity contribution in [2.24, 2.45) is 0 Å². The number of rotatable bonds is 10. The molecule has 0 bridgehead atoms. The number of methoxy groups -OCH3 is 2. The Bertz CT molecular complexity index is 1040. The molecule has 3 rings (SSSR count). The lowest BCUT2D eigenvalue weighted by Crippen LogP contribution is -2.51. The summed E-state index contributed by atoms with van der Waals surface area (Å²) in [6.07, 6.45) is -0.166. The lowest BCUT2D eigenvalue weighted by molar-refractivity contribution is -0.130. The minimum Gasteiger partial charge on any atom is -0.497 e. The molecule has 1 aliphatic heterocycles. The summed E-state index contributed by atoms with van der Waals surface area (Å²) in [5.41, 5.74) is 0.909. The minimum absolute atomic E-state index is 0.0169. The summed E-state index contributed by atoms with van der Waals surface area (Å²) in [5.74, 6) is 0.755. The van der Waals surface area contributed by atoms with Crippen molar-refractivity contribution in [2.75, 3.05) is 20.8 Å². The number of aliphatic hydroxyl groups is 1. The first-order chi connectivity index (χ1) is 15.9. The van der Waals surface area contributed by atoms with Crippen LogP contribution in [-0.4, -0.2) is 58.5 Å². The van der Waals surface area contributed by atoms with Crippen molar-refractivity contribution in [1.82, 2.24) is 10.0 Å². The van der Waals surface area contributed by atoms with Crippen molar-refractivity contribution in [3.05, 3.63) is 54.1 Å². The quantitative estimate of drug-likeness (QED) is 0.474. The van der Waals surface area contributed by atoms with E-state index < -0.39 is 28.3 Å². The highest BCUT2D eigenvalue weighted by Gasteiger charge is 2.35. The van der Waals surface area contributed by atoms with Crippen LogP contribution in [0.3, 0.4) is 0 Å². The number of benzene rings is 2. The first kappa shape index (κ1) is 25.0. The molecule has 0 radical (unpaired) electrons. The fourth-order valence-corrected chi connectivity index (χ4v) is 5.25. The van der Waals surface area contributed by atoms with E-state index in [1.807, 2.05) is 24.3 Å².